The first-order chi connectivity index (χ1) is 12.7. The number of fused-ring (bicyclic) bond motifs is 2. The lowest BCUT2D eigenvalue weighted by Gasteiger charge is -2.34. The van der Waals surface area contributed by atoms with Gasteiger partial charge in [0.25, 0.3) is 11.7 Å². The van der Waals surface area contributed by atoms with Gasteiger partial charge in [-0.05, 0) is 25.8 Å². The minimum atomic E-state index is -1.28. The summed E-state index contributed by atoms with van der Waals surface area (Å²) in [5.74, 6) is -1.59. The highest BCUT2D eigenvalue weighted by atomic mass is 16.7. The van der Waals surface area contributed by atoms with E-state index in [4.69, 9.17) is 14.2 Å². The molecule has 0 aromatic heterocycles. The molecule has 0 saturated carbocycles. The average Bonchev–Trinajstić information content (AvgIpc) is 3.24. The molecule has 7 nitrogen and oxygen atoms in total. The highest BCUT2D eigenvalue weighted by molar-refractivity contribution is 6.06. The summed E-state index contributed by atoms with van der Waals surface area (Å²) in [5, 5.41) is 0. The molecule has 1 amide bonds. The fraction of sp³-hybridized carbons (Fsp3) is 0.579. The Morgan fingerprint density at radius 2 is 1.92 bits per heavy atom. The molecule has 1 aromatic rings. The van der Waals surface area contributed by atoms with Crippen molar-refractivity contribution >= 4 is 17.6 Å². The van der Waals surface area contributed by atoms with Gasteiger partial charge in [-0.1, -0.05) is 18.2 Å². The Hall–Kier alpha value is -1.96. The monoisotopic (exact) mass is 360 g/mol. The van der Waals surface area contributed by atoms with E-state index in [-0.39, 0.29) is 17.8 Å². The molecule has 0 unspecified atom stereocenters. The largest absolute Gasteiger partial charge is 0.466 e. The summed E-state index contributed by atoms with van der Waals surface area (Å²) in [6, 6.07) is 7.64. The molecule has 0 bridgehead atoms. The molecule has 2 fully saturated rings. The Morgan fingerprint density at radius 1 is 1.23 bits per heavy atom. The highest BCUT2D eigenvalue weighted by Crippen LogP contribution is 2.45. The summed E-state index contributed by atoms with van der Waals surface area (Å²) >= 11 is 0. The van der Waals surface area contributed by atoms with Crippen LogP contribution in [0.4, 0.5) is 5.69 Å². The van der Waals surface area contributed by atoms with Crippen molar-refractivity contribution in [2.75, 3.05) is 44.5 Å². The van der Waals surface area contributed by atoms with Crippen molar-refractivity contribution in [2.24, 2.45) is 5.92 Å². The van der Waals surface area contributed by atoms with Gasteiger partial charge in [-0.15, -0.1) is 0 Å². The number of likely N-dealkylation sites (tertiary alicyclic amines) is 1. The fourth-order valence-corrected chi connectivity index (χ4v) is 3.99. The second-order valence-corrected chi connectivity index (χ2v) is 6.85. The number of rotatable bonds is 4. The van der Waals surface area contributed by atoms with E-state index in [1.165, 1.54) is 0 Å². The molecule has 3 aliphatic heterocycles. The maximum atomic E-state index is 13.1. The lowest BCUT2D eigenvalue weighted by atomic mass is 9.97. The summed E-state index contributed by atoms with van der Waals surface area (Å²) in [5.41, 5.74) is 1.62. The molecule has 4 rings (SSSR count). The van der Waals surface area contributed by atoms with Gasteiger partial charge < -0.3 is 14.2 Å². The van der Waals surface area contributed by atoms with Crippen LogP contribution in [-0.4, -0.2) is 56.4 Å². The van der Waals surface area contributed by atoms with Gasteiger partial charge in [0.05, 0.1) is 38.1 Å². The van der Waals surface area contributed by atoms with Gasteiger partial charge in [0.15, 0.2) is 0 Å². The maximum absolute atomic E-state index is 13.1. The number of hydrogen-bond acceptors (Lipinski definition) is 6. The van der Waals surface area contributed by atoms with E-state index >= 15 is 0 Å². The topological polar surface area (TPSA) is 68.3 Å². The predicted octanol–water partition coefficient (Wildman–Crippen LogP) is 1.47. The first kappa shape index (κ1) is 17.5. The second kappa shape index (κ2) is 6.98. The molecule has 7 heteroatoms. The number of amides is 1. The molecular weight excluding hydrogens is 336 g/mol. The molecule has 140 valence electrons. The third-order valence-corrected chi connectivity index (χ3v) is 5.32. The van der Waals surface area contributed by atoms with Gasteiger partial charge in [-0.25, -0.2) is 0 Å². The molecule has 1 aromatic carbocycles. The molecular formula is C19H24N2O5. The van der Waals surface area contributed by atoms with Crippen molar-refractivity contribution < 1.29 is 23.8 Å². The van der Waals surface area contributed by atoms with Gasteiger partial charge in [0, 0.05) is 18.7 Å². The van der Waals surface area contributed by atoms with Crippen molar-refractivity contribution in [2.45, 2.75) is 25.6 Å². The molecule has 26 heavy (non-hydrogen) atoms. The van der Waals surface area contributed by atoms with Crippen molar-refractivity contribution in [3.05, 3.63) is 29.8 Å². The van der Waals surface area contributed by atoms with Crippen LogP contribution in [0.15, 0.2) is 24.3 Å². The summed E-state index contributed by atoms with van der Waals surface area (Å²) in [6.07, 6.45) is 1.50. The van der Waals surface area contributed by atoms with Gasteiger partial charge in [-0.2, -0.15) is 0 Å². The van der Waals surface area contributed by atoms with Crippen molar-refractivity contribution in [3.8, 4) is 0 Å². The van der Waals surface area contributed by atoms with Crippen LogP contribution in [0.1, 0.15) is 25.3 Å². The number of carbonyl (C=O) groups excluding carboxylic acids is 2. The van der Waals surface area contributed by atoms with E-state index in [1.807, 2.05) is 31.2 Å². The summed E-state index contributed by atoms with van der Waals surface area (Å²) in [6.45, 7) is 5.05. The van der Waals surface area contributed by atoms with Crippen LogP contribution in [0, 0.1) is 5.92 Å². The third-order valence-electron chi connectivity index (χ3n) is 5.32. The van der Waals surface area contributed by atoms with Gasteiger partial charge in [0.1, 0.15) is 0 Å². The Morgan fingerprint density at radius 3 is 2.62 bits per heavy atom. The fourth-order valence-electron chi connectivity index (χ4n) is 3.99. The van der Waals surface area contributed by atoms with Crippen LogP contribution in [0.3, 0.4) is 0 Å². The molecule has 2 saturated heterocycles. The number of carbonyl (C=O) groups is 2. The molecule has 0 atom stereocenters. The van der Waals surface area contributed by atoms with Crippen LogP contribution >= 0.6 is 0 Å². The molecule has 3 heterocycles. The van der Waals surface area contributed by atoms with Gasteiger partial charge in [0.2, 0.25) is 0 Å². The number of anilines is 1. The summed E-state index contributed by atoms with van der Waals surface area (Å²) < 4.78 is 16.6. The standard InChI is InChI=1S/C19H24N2O5/c1-2-24-17(22)14-7-9-20(10-8-14)13-21-16-6-4-3-5-15(16)19(18(21)23)25-11-12-26-19/h3-6,14H,2,7-13H2,1H3. The van der Waals surface area contributed by atoms with E-state index in [0.717, 1.165) is 37.2 Å². The number of para-hydroxylation sites is 1. The van der Waals surface area contributed by atoms with E-state index in [1.54, 1.807) is 4.90 Å². The van der Waals surface area contributed by atoms with E-state index in [2.05, 4.69) is 4.90 Å². The molecule has 0 radical (unpaired) electrons. The number of hydrogen-bond donors (Lipinski definition) is 0. The first-order valence-corrected chi connectivity index (χ1v) is 9.24. The number of ether oxygens (including phenoxy) is 3. The molecule has 0 aliphatic carbocycles. The van der Waals surface area contributed by atoms with Crippen LogP contribution in [0.5, 0.6) is 0 Å². The third kappa shape index (κ3) is 2.80. The second-order valence-electron chi connectivity index (χ2n) is 6.85. The first-order valence-electron chi connectivity index (χ1n) is 9.24. The van der Waals surface area contributed by atoms with Crippen molar-refractivity contribution in [1.29, 1.82) is 0 Å². The Kier molecular flexibility index (Phi) is 4.69. The highest BCUT2D eigenvalue weighted by Gasteiger charge is 2.56. The molecule has 0 N–H and O–H groups in total. The number of nitrogens with zero attached hydrogens (tertiary/aromatic N) is 2. The quantitative estimate of drug-likeness (QED) is 0.758. The van der Waals surface area contributed by atoms with E-state index in [0.29, 0.717) is 26.5 Å². The van der Waals surface area contributed by atoms with Crippen LogP contribution in [-0.2, 0) is 29.6 Å². The molecule has 3 aliphatic rings. The zero-order valence-corrected chi connectivity index (χ0v) is 15.0. The minimum absolute atomic E-state index is 0.0411. The summed E-state index contributed by atoms with van der Waals surface area (Å²) in [4.78, 5) is 28.9. The minimum Gasteiger partial charge on any atom is -0.466 e. The number of benzene rings is 1. The lowest BCUT2D eigenvalue weighted by Crippen LogP contribution is -2.48. The normalized spacial score (nSPS) is 22.8. The van der Waals surface area contributed by atoms with E-state index < -0.39 is 5.79 Å². The van der Waals surface area contributed by atoms with Crippen LogP contribution in [0.25, 0.3) is 0 Å². The molecule has 1 spiro atoms. The predicted molar refractivity (Wildman–Crippen MR) is 93.3 cm³/mol. The average molecular weight is 360 g/mol. The van der Waals surface area contributed by atoms with Crippen LogP contribution in [0.2, 0.25) is 0 Å². The van der Waals surface area contributed by atoms with Crippen molar-refractivity contribution in [3.63, 3.8) is 0 Å². The van der Waals surface area contributed by atoms with Crippen molar-refractivity contribution in [1.82, 2.24) is 4.90 Å². The lowest BCUT2D eigenvalue weighted by molar-refractivity contribution is -0.181. The maximum Gasteiger partial charge on any atom is 0.309 e. The SMILES string of the molecule is CCOC(=O)C1CCN(CN2C(=O)C3(OCCO3)c3ccccc32)CC1. The van der Waals surface area contributed by atoms with Gasteiger partial charge >= 0.3 is 5.97 Å². The smallest absolute Gasteiger partial charge is 0.309 e. The number of esters is 1. The Balaban J connectivity index is 1.46. The zero-order chi connectivity index (χ0) is 18.1. The van der Waals surface area contributed by atoms with Gasteiger partial charge in [-0.3, -0.25) is 19.4 Å². The van der Waals surface area contributed by atoms with E-state index in [9.17, 15) is 9.59 Å². The van der Waals surface area contributed by atoms with Crippen LogP contribution < -0.4 is 4.90 Å². The zero-order valence-electron chi connectivity index (χ0n) is 15.0. The Labute approximate surface area is 152 Å². The number of piperidine rings is 1. The Bertz CT molecular complexity index is 693. The summed E-state index contributed by atoms with van der Waals surface area (Å²) in [7, 11) is 0.